The molecule has 0 unspecified atom stereocenters. The van der Waals surface area contributed by atoms with Crippen LogP contribution in [0.4, 0.5) is 17.3 Å². The van der Waals surface area contributed by atoms with Gasteiger partial charge < -0.3 is 11.1 Å². The van der Waals surface area contributed by atoms with Crippen LogP contribution in [-0.2, 0) is 0 Å². The topological polar surface area (TPSA) is 76.7 Å². The lowest BCUT2D eigenvalue weighted by atomic mass is 10.0. The second-order valence-corrected chi connectivity index (χ2v) is 5.20. The smallest absolute Gasteiger partial charge is 0.139 e. The van der Waals surface area contributed by atoms with Crippen molar-refractivity contribution >= 4 is 28.1 Å². The molecule has 3 N–H and O–H groups in total. The molecular weight excluding hydrogens is 262 g/mol. The number of nitrogens with one attached hydrogen (secondary N) is 1. The van der Waals surface area contributed by atoms with Crippen molar-refractivity contribution < 1.29 is 0 Å². The number of nitrogens with two attached hydrogens (primary N) is 1. The summed E-state index contributed by atoms with van der Waals surface area (Å²) in [6.45, 7) is 4.15. The average molecular weight is 279 g/mol. The maximum atomic E-state index is 5.99. The summed E-state index contributed by atoms with van der Waals surface area (Å²) in [6.07, 6.45) is 5.11. The SMILES string of the molecule is CC(C)c1c(N)ncnc1Nc1cccc2cnccc12. The third kappa shape index (κ3) is 2.50. The normalized spacial score (nSPS) is 11.0. The molecule has 0 amide bonds. The first-order valence-corrected chi connectivity index (χ1v) is 6.87. The second-order valence-electron chi connectivity index (χ2n) is 5.20. The van der Waals surface area contributed by atoms with Crippen molar-refractivity contribution in [2.24, 2.45) is 0 Å². The molecule has 0 spiro atoms. The van der Waals surface area contributed by atoms with Gasteiger partial charge in [-0.05, 0) is 18.1 Å². The van der Waals surface area contributed by atoms with Crippen molar-refractivity contribution in [1.29, 1.82) is 0 Å². The van der Waals surface area contributed by atoms with Gasteiger partial charge in [0.25, 0.3) is 0 Å². The molecule has 0 atom stereocenters. The maximum absolute atomic E-state index is 5.99. The van der Waals surface area contributed by atoms with Crippen LogP contribution in [0.15, 0.2) is 43.0 Å². The van der Waals surface area contributed by atoms with E-state index in [0.717, 1.165) is 27.8 Å². The Morgan fingerprint density at radius 3 is 2.81 bits per heavy atom. The lowest BCUT2D eigenvalue weighted by molar-refractivity contribution is 0.855. The highest BCUT2D eigenvalue weighted by Gasteiger charge is 2.13. The fraction of sp³-hybridized carbons (Fsp3) is 0.188. The summed E-state index contributed by atoms with van der Waals surface area (Å²) < 4.78 is 0. The zero-order valence-corrected chi connectivity index (χ0v) is 12.0. The van der Waals surface area contributed by atoms with E-state index in [-0.39, 0.29) is 5.92 Å². The number of aromatic nitrogens is 3. The van der Waals surface area contributed by atoms with Crippen LogP contribution in [0.25, 0.3) is 10.8 Å². The summed E-state index contributed by atoms with van der Waals surface area (Å²) in [5.74, 6) is 1.51. The summed E-state index contributed by atoms with van der Waals surface area (Å²) in [5, 5.41) is 5.55. The van der Waals surface area contributed by atoms with Gasteiger partial charge in [-0.25, -0.2) is 9.97 Å². The highest BCUT2D eigenvalue weighted by atomic mass is 15.0. The maximum Gasteiger partial charge on any atom is 0.139 e. The van der Waals surface area contributed by atoms with Crippen LogP contribution in [-0.4, -0.2) is 15.0 Å². The first-order chi connectivity index (χ1) is 10.2. The molecule has 5 nitrogen and oxygen atoms in total. The molecule has 2 aromatic heterocycles. The van der Waals surface area contributed by atoms with E-state index in [1.54, 1.807) is 6.20 Å². The van der Waals surface area contributed by atoms with E-state index in [2.05, 4.69) is 34.1 Å². The predicted octanol–water partition coefficient (Wildman–Crippen LogP) is 3.47. The molecule has 0 aliphatic carbocycles. The van der Waals surface area contributed by atoms with Crippen molar-refractivity contribution in [3.05, 3.63) is 48.5 Å². The number of benzene rings is 1. The number of anilines is 3. The quantitative estimate of drug-likeness (QED) is 0.767. The van der Waals surface area contributed by atoms with Crippen LogP contribution in [0.5, 0.6) is 0 Å². The van der Waals surface area contributed by atoms with Gasteiger partial charge in [-0.15, -0.1) is 0 Å². The van der Waals surface area contributed by atoms with Gasteiger partial charge in [0.15, 0.2) is 0 Å². The van der Waals surface area contributed by atoms with Gasteiger partial charge in [-0.1, -0.05) is 26.0 Å². The van der Waals surface area contributed by atoms with Gasteiger partial charge in [0.1, 0.15) is 18.0 Å². The van der Waals surface area contributed by atoms with Gasteiger partial charge in [-0.3, -0.25) is 4.98 Å². The van der Waals surface area contributed by atoms with E-state index in [1.165, 1.54) is 6.33 Å². The lowest BCUT2D eigenvalue weighted by Gasteiger charge is -2.16. The molecule has 3 rings (SSSR count). The largest absolute Gasteiger partial charge is 0.383 e. The number of hydrogen-bond donors (Lipinski definition) is 2. The highest BCUT2D eigenvalue weighted by Crippen LogP contribution is 2.31. The number of rotatable bonds is 3. The second kappa shape index (κ2) is 5.36. The Balaban J connectivity index is 2.09. The summed E-state index contributed by atoms with van der Waals surface area (Å²) in [7, 11) is 0. The molecule has 0 saturated heterocycles. The summed E-state index contributed by atoms with van der Waals surface area (Å²) >= 11 is 0. The number of nitrogens with zero attached hydrogens (tertiary/aromatic N) is 3. The Morgan fingerprint density at radius 2 is 2.00 bits per heavy atom. The average Bonchev–Trinajstić information content (AvgIpc) is 2.47. The molecule has 0 fully saturated rings. The van der Waals surface area contributed by atoms with Crippen molar-refractivity contribution in [2.45, 2.75) is 19.8 Å². The van der Waals surface area contributed by atoms with E-state index < -0.39 is 0 Å². The Kier molecular flexibility index (Phi) is 3.39. The minimum absolute atomic E-state index is 0.241. The van der Waals surface area contributed by atoms with Gasteiger partial charge in [0, 0.05) is 34.4 Å². The third-order valence-electron chi connectivity index (χ3n) is 3.43. The molecule has 0 saturated carbocycles. The van der Waals surface area contributed by atoms with Crippen LogP contribution >= 0.6 is 0 Å². The molecule has 106 valence electrons. The Bertz CT molecular complexity index is 777. The number of hydrogen-bond acceptors (Lipinski definition) is 5. The molecule has 0 radical (unpaired) electrons. The van der Waals surface area contributed by atoms with Gasteiger partial charge in [0.2, 0.25) is 0 Å². The molecule has 0 aliphatic heterocycles. The first-order valence-electron chi connectivity index (χ1n) is 6.87. The number of nitrogen functional groups attached to an aromatic ring is 1. The Morgan fingerprint density at radius 1 is 1.14 bits per heavy atom. The standard InChI is InChI=1S/C16H17N5/c1-10(2)14-15(17)19-9-20-16(14)21-13-5-3-4-11-8-18-7-6-12(11)13/h3-10H,1-2H3,(H3,17,19,20,21). The Labute approximate surface area is 123 Å². The Hall–Kier alpha value is -2.69. The van der Waals surface area contributed by atoms with Crippen LogP contribution in [0, 0.1) is 0 Å². The highest BCUT2D eigenvalue weighted by molar-refractivity contribution is 5.94. The molecule has 0 aliphatic rings. The van der Waals surface area contributed by atoms with E-state index in [0.29, 0.717) is 5.82 Å². The van der Waals surface area contributed by atoms with Crippen molar-refractivity contribution in [2.75, 3.05) is 11.1 Å². The monoisotopic (exact) mass is 279 g/mol. The first kappa shape index (κ1) is 13.3. The van der Waals surface area contributed by atoms with Crippen LogP contribution in [0.2, 0.25) is 0 Å². The molecule has 3 aromatic rings. The molecule has 2 heterocycles. The number of pyridine rings is 1. The van der Waals surface area contributed by atoms with E-state index >= 15 is 0 Å². The minimum atomic E-state index is 0.241. The third-order valence-corrected chi connectivity index (χ3v) is 3.43. The summed E-state index contributed by atoms with van der Waals surface area (Å²) in [6, 6.07) is 8.03. The fourth-order valence-electron chi connectivity index (χ4n) is 2.44. The van der Waals surface area contributed by atoms with Crippen LogP contribution in [0.3, 0.4) is 0 Å². The molecule has 0 bridgehead atoms. The van der Waals surface area contributed by atoms with E-state index in [1.807, 2.05) is 30.5 Å². The van der Waals surface area contributed by atoms with Crippen molar-refractivity contribution in [3.8, 4) is 0 Å². The van der Waals surface area contributed by atoms with Crippen LogP contribution in [0.1, 0.15) is 25.3 Å². The van der Waals surface area contributed by atoms with Gasteiger partial charge >= 0.3 is 0 Å². The van der Waals surface area contributed by atoms with Crippen molar-refractivity contribution in [1.82, 2.24) is 15.0 Å². The molecule has 21 heavy (non-hydrogen) atoms. The molecule has 1 aromatic carbocycles. The van der Waals surface area contributed by atoms with Crippen molar-refractivity contribution in [3.63, 3.8) is 0 Å². The zero-order chi connectivity index (χ0) is 14.8. The minimum Gasteiger partial charge on any atom is -0.383 e. The summed E-state index contributed by atoms with van der Waals surface area (Å²) in [5.41, 5.74) is 7.90. The summed E-state index contributed by atoms with van der Waals surface area (Å²) in [4.78, 5) is 12.6. The fourth-order valence-corrected chi connectivity index (χ4v) is 2.44. The number of fused-ring (bicyclic) bond motifs is 1. The zero-order valence-electron chi connectivity index (χ0n) is 12.0. The van der Waals surface area contributed by atoms with E-state index in [9.17, 15) is 0 Å². The predicted molar refractivity (Wildman–Crippen MR) is 85.6 cm³/mol. The molecular formula is C16H17N5. The molecule has 5 heteroatoms. The van der Waals surface area contributed by atoms with Gasteiger partial charge in [0.05, 0.1) is 0 Å². The lowest BCUT2D eigenvalue weighted by Crippen LogP contribution is -2.06. The van der Waals surface area contributed by atoms with Crippen LogP contribution < -0.4 is 11.1 Å². The van der Waals surface area contributed by atoms with Gasteiger partial charge in [-0.2, -0.15) is 0 Å². The van der Waals surface area contributed by atoms with E-state index in [4.69, 9.17) is 5.73 Å².